The molecular formula is C21H14F2N2OS2. The maximum absolute atomic E-state index is 13.4. The van der Waals surface area contributed by atoms with Gasteiger partial charge in [0, 0.05) is 16.5 Å². The van der Waals surface area contributed by atoms with Gasteiger partial charge >= 0.3 is 0 Å². The molecule has 2 heterocycles. The number of thiophene rings is 1. The molecule has 0 saturated heterocycles. The Morgan fingerprint density at radius 2 is 1.89 bits per heavy atom. The summed E-state index contributed by atoms with van der Waals surface area (Å²) in [6.45, 7) is 1.63. The van der Waals surface area contributed by atoms with Crippen molar-refractivity contribution in [3.8, 4) is 11.1 Å². The molecule has 0 bridgehead atoms. The Hall–Kier alpha value is -2.64. The molecule has 7 heteroatoms. The van der Waals surface area contributed by atoms with E-state index in [2.05, 4.69) is 9.97 Å². The molecule has 0 amide bonds. The van der Waals surface area contributed by atoms with Gasteiger partial charge in [-0.2, -0.15) is 0 Å². The van der Waals surface area contributed by atoms with Gasteiger partial charge in [-0.3, -0.25) is 4.79 Å². The number of aromatic nitrogens is 2. The van der Waals surface area contributed by atoms with E-state index in [4.69, 9.17) is 0 Å². The van der Waals surface area contributed by atoms with Crippen LogP contribution in [0.2, 0.25) is 0 Å². The van der Waals surface area contributed by atoms with Crippen molar-refractivity contribution in [1.82, 2.24) is 9.97 Å². The Bertz CT molecular complexity index is 1170. The molecule has 0 unspecified atom stereocenters. The van der Waals surface area contributed by atoms with Crippen LogP contribution in [-0.4, -0.2) is 21.5 Å². The molecule has 28 heavy (non-hydrogen) atoms. The molecule has 2 aromatic heterocycles. The minimum absolute atomic E-state index is 0.0987. The standard InChI is InChI=1S/C21H14F2N2OS2/c1-12-8-14(4-7-17(12)23)18(26)10-28-21-19-16(9-27-20(19)24-11-25-21)13-2-5-15(22)6-3-13/h2-9,11H,10H2,1H3. The van der Waals surface area contributed by atoms with E-state index in [1.807, 2.05) is 5.38 Å². The van der Waals surface area contributed by atoms with Gasteiger partial charge in [0.05, 0.1) is 11.1 Å². The van der Waals surface area contributed by atoms with Crippen molar-refractivity contribution in [1.29, 1.82) is 0 Å². The van der Waals surface area contributed by atoms with Gasteiger partial charge in [-0.1, -0.05) is 23.9 Å². The summed E-state index contributed by atoms with van der Waals surface area (Å²) < 4.78 is 26.7. The molecular weight excluding hydrogens is 398 g/mol. The first-order valence-electron chi connectivity index (χ1n) is 8.43. The Morgan fingerprint density at radius 3 is 2.64 bits per heavy atom. The number of benzene rings is 2. The van der Waals surface area contributed by atoms with Gasteiger partial charge < -0.3 is 0 Å². The number of aryl methyl sites for hydroxylation is 1. The maximum Gasteiger partial charge on any atom is 0.173 e. The molecule has 0 aliphatic rings. The number of ketones is 1. The molecule has 0 aliphatic heterocycles. The molecule has 3 nitrogen and oxygen atoms in total. The van der Waals surface area contributed by atoms with E-state index in [0.29, 0.717) is 16.2 Å². The molecule has 0 N–H and O–H groups in total. The van der Waals surface area contributed by atoms with Gasteiger partial charge in [0.1, 0.15) is 27.8 Å². The van der Waals surface area contributed by atoms with Crippen molar-refractivity contribution < 1.29 is 13.6 Å². The molecule has 0 radical (unpaired) electrons. The number of Topliss-reactive ketones (excluding diaryl/α,β-unsaturated/α-hetero) is 1. The van der Waals surface area contributed by atoms with Gasteiger partial charge in [-0.15, -0.1) is 11.3 Å². The van der Waals surface area contributed by atoms with E-state index in [1.165, 1.54) is 53.7 Å². The fourth-order valence-corrected chi connectivity index (χ4v) is 4.72. The van der Waals surface area contributed by atoms with E-state index < -0.39 is 0 Å². The van der Waals surface area contributed by atoms with Gasteiger partial charge in [0.2, 0.25) is 0 Å². The van der Waals surface area contributed by atoms with E-state index in [0.717, 1.165) is 21.3 Å². The van der Waals surface area contributed by atoms with Gasteiger partial charge in [0.15, 0.2) is 5.78 Å². The Morgan fingerprint density at radius 1 is 1.11 bits per heavy atom. The van der Waals surface area contributed by atoms with Gasteiger partial charge in [-0.25, -0.2) is 18.7 Å². The number of rotatable bonds is 5. The summed E-state index contributed by atoms with van der Waals surface area (Å²) >= 11 is 2.79. The number of hydrogen-bond acceptors (Lipinski definition) is 5. The van der Waals surface area contributed by atoms with E-state index >= 15 is 0 Å². The highest BCUT2D eigenvalue weighted by molar-refractivity contribution is 8.00. The second kappa shape index (κ2) is 7.77. The molecule has 0 fully saturated rings. The molecule has 2 aromatic carbocycles. The number of thioether (sulfide) groups is 1. The van der Waals surface area contributed by atoms with Crippen LogP contribution in [0.5, 0.6) is 0 Å². The van der Waals surface area contributed by atoms with Crippen molar-refractivity contribution in [2.24, 2.45) is 0 Å². The van der Waals surface area contributed by atoms with Crippen molar-refractivity contribution in [3.63, 3.8) is 0 Å². The Kier molecular flexibility index (Phi) is 5.19. The number of carbonyl (C=O) groups is 1. The summed E-state index contributed by atoms with van der Waals surface area (Å²) in [7, 11) is 0. The normalized spacial score (nSPS) is 11.1. The lowest BCUT2D eigenvalue weighted by Crippen LogP contribution is -2.03. The number of halogens is 2. The van der Waals surface area contributed by atoms with Crippen LogP contribution >= 0.6 is 23.1 Å². The molecule has 0 atom stereocenters. The highest BCUT2D eigenvalue weighted by atomic mass is 32.2. The second-order valence-electron chi connectivity index (χ2n) is 6.19. The molecule has 0 aliphatic carbocycles. The number of fused-ring (bicyclic) bond motifs is 1. The first kappa shape index (κ1) is 18.7. The van der Waals surface area contributed by atoms with Crippen LogP contribution in [0.1, 0.15) is 15.9 Å². The van der Waals surface area contributed by atoms with Crippen LogP contribution in [0.4, 0.5) is 8.78 Å². The molecule has 140 valence electrons. The third-order valence-corrected chi connectivity index (χ3v) is 6.19. The van der Waals surface area contributed by atoms with Crippen LogP contribution < -0.4 is 0 Å². The molecule has 4 aromatic rings. The monoisotopic (exact) mass is 412 g/mol. The summed E-state index contributed by atoms with van der Waals surface area (Å²) in [6, 6.07) is 10.6. The number of hydrogen-bond donors (Lipinski definition) is 0. The lowest BCUT2D eigenvalue weighted by Gasteiger charge is -2.06. The molecule has 0 saturated carbocycles. The average Bonchev–Trinajstić information content (AvgIpc) is 3.13. The van der Waals surface area contributed by atoms with Crippen molar-refractivity contribution >= 4 is 39.1 Å². The fraction of sp³-hybridized carbons (Fsp3) is 0.0952. The zero-order valence-corrected chi connectivity index (χ0v) is 16.4. The average molecular weight is 412 g/mol. The summed E-state index contributed by atoms with van der Waals surface area (Å²) in [5, 5.41) is 3.51. The lowest BCUT2D eigenvalue weighted by molar-refractivity contribution is 0.102. The number of carbonyl (C=O) groups excluding carboxylic acids is 1. The third-order valence-electron chi connectivity index (χ3n) is 4.31. The molecule has 4 rings (SSSR count). The highest BCUT2D eigenvalue weighted by Crippen LogP contribution is 2.38. The fourth-order valence-electron chi connectivity index (χ4n) is 2.83. The zero-order valence-electron chi connectivity index (χ0n) is 14.8. The smallest absolute Gasteiger partial charge is 0.173 e. The van der Waals surface area contributed by atoms with E-state index in [9.17, 15) is 13.6 Å². The predicted octanol–water partition coefficient (Wildman–Crippen LogP) is 5.92. The van der Waals surface area contributed by atoms with Crippen LogP contribution in [0.15, 0.2) is 59.2 Å². The third kappa shape index (κ3) is 3.68. The summed E-state index contributed by atoms with van der Waals surface area (Å²) in [5.74, 6) is -0.549. The van der Waals surface area contributed by atoms with Crippen LogP contribution in [0.25, 0.3) is 21.3 Å². The second-order valence-corrected chi connectivity index (χ2v) is 8.01. The largest absolute Gasteiger partial charge is 0.293 e. The van der Waals surface area contributed by atoms with Crippen LogP contribution in [-0.2, 0) is 0 Å². The Labute approximate surface area is 168 Å². The zero-order chi connectivity index (χ0) is 19.7. The van der Waals surface area contributed by atoms with E-state index in [-0.39, 0.29) is 23.2 Å². The predicted molar refractivity (Wildman–Crippen MR) is 109 cm³/mol. The minimum Gasteiger partial charge on any atom is -0.293 e. The SMILES string of the molecule is Cc1cc(C(=O)CSc2ncnc3scc(-c4ccc(F)cc4)c23)ccc1F. The van der Waals surface area contributed by atoms with Crippen molar-refractivity contribution in [2.45, 2.75) is 11.9 Å². The quantitative estimate of drug-likeness (QED) is 0.232. The summed E-state index contributed by atoms with van der Waals surface area (Å²) in [5.41, 5.74) is 2.69. The Balaban J connectivity index is 1.63. The topological polar surface area (TPSA) is 42.9 Å². The highest BCUT2D eigenvalue weighted by Gasteiger charge is 2.16. The first-order valence-corrected chi connectivity index (χ1v) is 10.3. The van der Waals surface area contributed by atoms with Crippen LogP contribution in [0, 0.1) is 18.6 Å². The first-order chi connectivity index (χ1) is 13.5. The number of nitrogens with zero attached hydrogens (tertiary/aromatic N) is 2. The van der Waals surface area contributed by atoms with Crippen molar-refractivity contribution in [2.75, 3.05) is 5.75 Å². The minimum atomic E-state index is -0.330. The molecule has 0 spiro atoms. The summed E-state index contributed by atoms with van der Waals surface area (Å²) in [4.78, 5) is 22.0. The van der Waals surface area contributed by atoms with Crippen LogP contribution in [0.3, 0.4) is 0 Å². The van der Waals surface area contributed by atoms with Gasteiger partial charge in [0.25, 0.3) is 0 Å². The van der Waals surface area contributed by atoms with E-state index in [1.54, 1.807) is 25.1 Å². The van der Waals surface area contributed by atoms with Gasteiger partial charge in [-0.05, 0) is 48.4 Å². The van der Waals surface area contributed by atoms with Crippen molar-refractivity contribution in [3.05, 3.63) is 76.9 Å². The maximum atomic E-state index is 13.4. The lowest BCUT2D eigenvalue weighted by atomic mass is 10.1. The summed E-state index contributed by atoms with van der Waals surface area (Å²) in [6.07, 6.45) is 1.47.